The van der Waals surface area contributed by atoms with Crippen LogP contribution in [0.25, 0.3) is 11.1 Å². The summed E-state index contributed by atoms with van der Waals surface area (Å²) in [6, 6.07) is 8.00. The molecule has 11 heteroatoms. The lowest BCUT2D eigenvalue weighted by atomic mass is 10.0. The normalized spacial score (nSPS) is 11.9. The number of benzene rings is 2. The summed E-state index contributed by atoms with van der Waals surface area (Å²) in [4.78, 5) is 12.1. The molecule has 33 heavy (non-hydrogen) atoms. The minimum absolute atomic E-state index is 0.0961. The van der Waals surface area contributed by atoms with Crippen molar-refractivity contribution in [3.63, 3.8) is 0 Å². The molecule has 1 atom stereocenters. The van der Waals surface area contributed by atoms with Gasteiger partial charge >= 0.3 is 0 Å². The molecule has 0 fully saturated rings. The van der Waals surface area contributed by atoms with Crippen molar-refractivity contribution < 1.29 is 27.0 Å². The van der Waals surface area contributed by atoms with E-state index in [2.05, 4.69) is 4.72 Å². The summed E-state index contributed by atoms with van der Waals surface area (Å²) in [5.41, 5.74) is 1.25. The first-order valence-electron chi connectivity index (χ1n) is 9.81. The van der Waals surface area contributed by atoms with Gasteiger partial charge in [-0.15, -0.1) is 0 Å². The van der Waals surface area contributed by atoms with Crippen LogP contribution in [0.15, 0.2) is 47.4 Å². The molecule has 0 aliphatic carbocycles. The summed E-state index contributed by atoms with van der Waals surface area (Å²) in [5, 5.41) is -0.118. The Morgan fingerprint density at radius 1 is 1.12 bits per heavy atom. The first-order chi connectivity index (χ1) is 15.7. The van der Waals surface area contributed by atoms with Crippen molar-refractivity contribution in [2.45, 2.75) is 13.3 Å². The number of hydrogen-bond donors (Lipinski definition) is 1. The molecule has 0 aliphatic heterocycles. The molecule has 1 heterocycles. The van der Waals surface area contributed by atoms with Crippen molar-refractivity contribution in [2.75, 3.05) is 13.2 Å². The highest BCUT2D eigenvalue weighted by atomic mass is 35.5. The van der Waals surface area contributed by atoms with Crippen molar-refractivity contribution in [1.29, 1.82) is 0 Å². The minimum Gasteiger partial charge on any atom is -0.760 e. The third-order valence-corrected chi connectivity index (χ3v) is 5.29. The van der Waals surface area contributed by atoms with Gasteiger partial charge in [0.15, 0.2) is 17.4 Å². The number of rotatable bonds is 9. The predicted octanol–water partition coefficient (Wildman–Crippen LogP) is 4.10. The summed E-state index contributed by atoms with van der Waals surface area (Å²) in [7, 11) is 1.55. The molecule has 1 N–H and O–H groups in total. The molecule has 0 bridgehead atoms. The van der Waals surface area contributed by atoms with Gasteiger partial charge in [0.2, 0.25) is 0 Å². The van der Waals surface area contributed by atoms with E-state index in [1.165, 1.54) is 22.9 Å². The third-order valence-electron chi connectivity index (χ3n) is 4.63. The van der Waals surface area contributed by atoms with Gasteiger partial charge in [0.25, 0.3) is 5.56 Å². The Balaban J connectivity index is 2.14. The first kappa shape index (κ1) is 24.8. The zero-order valence-corrected chi connectivity index (χ0v) is 19.3. The smallest absolute Gasteiger partial charge is 0.254 e. The Bertz CT molecular complexity index is 1230. The molecule has 0 amide bonds. The molecule has 3 aromatic rings. The molecular weight excluding hydrogens is 478 g/mol. The molecule has 0 radical (unpaired) electrons. The molecule has 0 aliphatic rings. The van der Waals surface area contributed by atoms with Gasteiger partial charge < -0.3 is 18.6 Å². The van der Waals surface area contributed by atoms with Crippen molar-refractivity contribution in [3.8, 4) is 28.4 Å². The van der Waals surface area contributed by atoms with Crippen LogP contribution in [0.2, 0.25) is 5.02 Å². The van der Waals surface area contributed by atoms with E-state index in [1.807, 2.05) is 0 Å². The highest BCUT2D eigenvalue weighted by Crippen LogP contribution is 2.40. The van der Waals surface area contributed by atoms with E-state index in [4.69, 9.17) is 21.1 Å². The number of aromatic nitrogens is 1. The van der Waals surface area contributed by atoms with Crippen LogP contribution in [-0.4, -0.2) is 26.5 Å². The van der Waals surface area contributed by atoms with Crippen molar-refractivity contribution in [1.82, 2.24) is 9.29 Å². The van der Waals surface area contributed by atoms with E-state index in [0.29, 0.717) is 23.1 Å². The Hall–Kier alpha value is -2.79. The monoisotopic (exact) mass is 497 g/mol. The van der Waals surface area contributed by atoms with Gasteiger partial charge in [-0.3, -0.25) is 9.00 Å². The second-order valence-electron chi connectivity index (χ2n) is 6.94. The lowest BCUT2D eigenvalue weighted by molar-refractivity contribution is 0.340. The molecule has 176 valence electrons. The largest absolute Gasteiger partial charge is 0.760 e. The number of pyridine rings is 1. The number of aryl methyl sites for hydroxylation is 1. The highest BCUT2D eigenvalue weighted by Gasteiger charge is 2.19. The second kappa shape index (κ2) is 10.9. The van der Waals surface area contributed by atoms with E-state index < -0.39 is 28.7 Å². The zero-order valence-electron chi connectivity index (χ0n) is 17.7. The summed E-state index contributed by atoms with van der Waals surface area (Å²) in [5.74, 6) is -2.25. The predicted molar refractivity (Wildman–Crippen MR) is 120 cm³/mol. The SMILES string of the molecule is CCOc1cc(=O)n(C)cc1-c1cc(CCNS(=O)[O-])ccc1Oc1c(F)cc(Cl)cc1F. The first-order valence-corrected chi connectivity index (χ1v) is 11.3. The Kier molecular flexibility index (Phi) is 8.20. The van der Waals surface area contributed by atoms with E-state index in [9.17, 15) is 22.3 Å². The zero-order chi connectivity index (χ0) is 24.1. The van der Waals surface area contributed by atoms with Gasteiger partial charge in [0.05, 0.1) is 6.61 Å². The molecule has 0 saturated carbocycles. The molecule has 1 aromatic heterocycles. The highest BCUT2D eigenvalue weighted by molar-refractivity contribution is 7.77. The standard InChI is InChI=1S/C22H21ClF2N2O5S/c1-3-31-20-11-21(28)27(2)12-16(20)15-8-13(6-7-26-33(29)30)4-5-19(15)32-22-17(24)9-14(23)10-18(22)25/h4-5,8-12,26H,3,6-7H2,1-2H3,(H,29,30)/p-1. The van der Waals surface area contributed by atoms with Crippen molar-refractivity contribution in [2.24, 2.45) is 7.05 Å². The number of ether oxygens (including phenoxy) is 2. The van der Waals surface area contributed by atoms with E-state index in [1.54, 1.807) is 26.1 Å². The van der Waals surface area contributed by atoms with Crippen molar-refractivity contribution >= 4 is 22.9 Å². The lowest BCUT2D eigenvalue weighted by Crippen LogP contribution is -2.19. The van der Waals surface area contributed by atoms with Crippen LogP contribution in [0.4, 0.5) is 8.78 Å². The summed E-state index contributed by atoms with van der Waals surface area (Å²) in [6.07, 6.45) is 1.86. The second-order valence-corrected chi connectivity index (χ2v) is 8.14. The summed E-state index contributed by atoms with van der Waals surface area (Å²) < 4.78 is 65.1. The lowest BCUT2D eigenvalue weighted by Gasteiger charge is -2.17. The van der Waals surface area contributed by atoms with Crippen LogP contribution in [0, 0.1) is 11.6 Å². The fraction of sp³-hybridized carbons (Fsp3) is 0.227. The quantitative estimate of drug-likeness (QED) is 0.449. The molecule has 2 aromatic carbocycles. The van der Waals surface area contributed by atoms with Crippen LogP contribution in [0.3, 0.4) is 0 Å². The Morgan fingerprint density at radius 3 is 2.45 bits per heavy atom. The van der Waals surface area contributed by atoms with E-state index in [0.717, 1.165) is 12.1 Å². The van der Waals surface area contributed by atoms with Gasteiger partial charge in [-0.05, 0) is 43.2 Å². The fourth-order valence-electron chi connectivity index (χ4n) is 3.14. The molecule has 1 unspecified atom stereocenters. The maximum absolute atomic E-state index is 14.4. The number of nitrogens with zero attached hydrogens (tertiary/aromatic N) is 1. The number of hydrogen-bond acceptors (Lipinski definition) is 5. The van der Waals surface area contributed by atoms with Gasteiger partial charge in [0, 0.05) is 53.3 Å². The number of halogens is 3. The van der Waals surface area contributed by atoms with Crippen LogP contribution < -0.4 is 19.8 Å². The molecular formula is C22H20ClF2N2O5S-. The Morgan fingerprint density at radius 2 is 1.82 bits per heavy atom. The Labute approximate surface area is 196 Å². The van der Waals surface area contributed by atoms with Gasteiger partial charge in [-0.2, -0.15) is 0 Å². The topological polar surface area (TPSA) is 92.6 Å². The van der Waals surface area contributed by atoms with E-state index in [-0.39, 0.29) is 35.2 Å². The van der Waals surface area contributed by atoms with Gasteiger partial charge in [-0.25, -0.2) is 13.5 Å². The van der Waals surface area contributed by atoms with Crippen LogP contribution in [0.1, 0.15) is 12.5 Å². The summed E-state index contributed by atoms with van der Waals surface area (Å²) in [6.45, 7) is 2.17. The molecule has 0 saturated heterocycles. The van der Waals surface area contributed by atoms with Gasteiger partial charge in [-0.1, -0.05) is 17.7 Å². The summed E-state index contributed by atoms with van der Waals surface area (Å²) >= 11 is 3.29. The maximum atomic E-state index is 14.4. The average molecular weight is 498 g/mol. The maximum Gasteiger partial charge on any atom is 0.254 e. The van der Waals surface area contributed by atoms with Crippen molar-refractivity contribution in [3.05, 3.63) is 75.2 Å². The average Bonchev–Trinajstić information content (AvgIpc) is 2.73. The molecule has 0 spiro atoms. The van der Waals surface area contributed by atoms with Crippen LogP contribution >= 0.6 is 11.6 Å². The van der Waals surface area contributed by atoms with Gasteiger partial charge in [0.1, 0.15) is 11.5 Å². The third kappa shape index (κ3) is 6.17. The van der Waals surface area contributed by atoms with E-state index >= 15 is 0 Å². The number of nitrogens with one attached hydrogen (secondary N) is 1. The molecule has 7 nitrogen and oxygen atoms in total. The van der Waals surface area contributed by atoms with Crippen LogP contribution in [-0.2, 0) is 24.7 Å². The fourth-order valence-corrected chi connectivity index (χ4v) is 3.60. The minimum atomic E-state index is -2.41. The molecule has 3 rings (SSSR count). The van der Waals surface area contributed by atoms with Crippen LogP contribution in [0.5, 0.6) is 17.2 Å².